The van der Waals surface area contributed by atoms with Crippen molar-refractivity contribution in [3.8, 4) is 0 Å². The van der Waals surface area contributed by atoms with Gasteiger partial charge in [0.15, 0.2) is 6.29 Å². The number of ether oxygens (including phenoxy) is 2. The Morgan fingerprint density at radius 1 is 1.28 bits per heavy atom. The van der Waals surface area contributed by atoms with Crippen LogP contribution in [0.3, 0.4) is 0 Å². The average Bonchev–Trinajstić information content (AvgIpc) is 3.43. The zero-order valence-corrected chi connectivity index (χ0v) is 17.1. The summed E-state index contributed by atoms with van der Waals surface area (Å²) in [4.78, 5) is 10.9. The monoisotopic (exact) mass is 421 g/mol. The molecular formula is C20H25ClFN5O2. The lowest BCUT2D eigenvalue weighted by Crippen LogP contribution is -2.38. The smallest absolute Gasteiger partial charge is 0.185 e. The van der Waals surface area contributed by atoms with Crippen LogP contribution >= 0.6 is 11.6 Å². The van der Waals surface area contributed by atoms with Gasteiger partial charge in [-0.1, -0.05) is 11.6 Å². The summed E-state index contributed by atoms with van der Waals surface area (Å²) >= 11 is 6.47. The van der Waals surface area contributed by atoms with Crippen molar-refractivity contribution >= 4 is 23.2 Å². The molecule has 156 valence electrons. The van der Waals surface area contributed by atoms with Crippen molar-refractivity contribution in [2.75, 3.05) is 43.6 Å². The van der Waals surface area contributed by atoms with Gasteiger partial charge in [0.2, 0.25) is 0 Å². The Morgan fingerprint density at radius 3 is 2.90 bits per heavy atom. The van der Waals surface area contributed by atoms with E-state index in [-0.39, 0.29) is 11.9 Å². The van der Waals surface area contributed by atoms with Crippen LogP contribution in [-0.2, 0) is 16.0 Å². The molecule has 3 heterocycles. The van der Waals surface area contributed by atoms with Crippen LogP contribution in [0.4, 0.5) is 16.0 Å². The Kier molecular flexibility index (Phi) is 6.44. The minimum atomic E-state index is -0.522. The first kappa shape index (κ1) is 20.3. The third-order valence-electron chi connectivity index (χ3n) is 5.35. The van der Waals surface area contributed by atoms with E-state index in [1.807, 2.05) is 13.1 Å². The molecule has 0 radical (unpaired) electrons. The summed E-state index contributed by atoms with van der Waals surface area (Å²) in [6, 6.07) is 5.27. The van der Waals surface area contributed by atoms with E-state index in [9.17, 15) is 4.39 Å². The van der Waals surface area contributed by atoms with Crippen molar-refractivity contribution in [1.29, 1.82) is 0 Å². The Hall–Kier alpha value is -2.00. The largest absolute Gasteiger partial charge is 0.373 e. The summed E-state index contributed by atoms with van der Waals surface area (Å²) in [5, 5.41) is 6.77. The molecule has 2 N–H and O–H groups in total. The molecule has 4 rings (SSSR count). The van der Waals surface area contributed by atoms with Crippen LogP contribution < -0.4 is 15.5 Å². The summed E-state index contributed by atoms with van der Waals surface area (Å²) in [6.07, 6.45) is 3.18. The summed E-state index contributed by atoms with van der Waals surface area (Å²) in [7, 11) is 1.84. The Bertz CT molecular complexity index is 850. The van der Waals surface area contributed by atoms with E-state index in [0.717, 1.165) is 31.0 Å². The molecule has 1 aromatic carbocycles. The van der Waals surface area contributed by atoms with Gasteiger partial charge in [0, 0.05) is 49.9 Å². The van der Waals surface area contributed by atoms with Crippen LogP contribution in [0.25, 0.3) is 0 Å². The molecular weight excluding hydrogens is 397 g/mol. The lowest BCUT2D eigenvalue weighted by Gasteiger charge is -2.26. The number of anilines is 2. The summed E-state index contributed by atoms with van der Waals surface area (Å²) in [5.74, 6) is 1.35. The zero-order valence-electron chi connectivity index (χ0n) is 16.3. The van der Waals surface area contributed by atoms with E-state index in [1.165, 1.54) is 6.07 Å². The highest BCUT2D eigenvalue weighted by atomic mass is 35.5. The van der Waals surface area contributed by atoms with Gasteiger partial charge in [0.25, 0.3) is 0 Å². The third-order valence-corrected chi connectivity index (χ3v) is 5.80. The summed E-state index contributed by atoms with van der Waals surface area (Å²) in [5.41, 5.74) is 1.11. The molecule has 2 aromatic rings. The topological polar surface area (TPSA) is 71.5 Å². The molecule has 0 spiro atoms. The van der Waals surface area contributed by atoms with E-state index < -0.39 is 6.29 Å². The molecule has 7 nitrogen and oxygen atoms in total. The quantitative estimate of drug-likeness (QED) is 0.711. The average molecular weight is 422 g/mol. The van der Waals surface area contributed by atoms with Crippen LogP contribution in [0.1, 0.15) is 30.3 Å². The first-order valence-corrected chi connectivity index (χ1v) is 10.2. The van der Waals surface area contributed by atoms with Crippen LogP contribution in [0, 0.1) is 5.82 Å². The van der Waals surface area contributed by atoms with E-state index >= 15 is 0 Å². The molecule has 1 unspecified atom stereocenters. The van der Waals surface area contributed by atoms with E-state index in [4.69, 9.17) is 21.1 Å². The highest BCUT2D eigenvalue weighted by Crippen LogP contribution is 2.33. The normalized spacial score (nSPS) is 19.8. The van der Waals surface area contributed by atoms with Crippen LogP contribution in [-0.4, -0.2) is 49.4 Å². The molecule has 2 fully saturated rings. The number of hydrogen-bond donors (Lipinski definition) is 2. The van der Waals surface area contributed by atoms with E-state index in [1.54, 1.807) is 12.4 Å². The highest BCUT2D eigenvalue weighted by molar-refractivity contribution is 6.32. The van der Waals surface area contributed by atoms with E-state index in [0.29, 0.717) is 42.5 Å². The summed E-state index contributed by atoms with van der Waals surface area (Å²) in [6.45, 7) is 3.01. The van der Waals surface area contributed by atoms with Gasteiger partial charge in [-0.05, 0) is 25.0 Å². The Morgan fingerprint density at radius 2 is 2.10 bits per heavy atom. The lowest BCUT2D eigenvalue weighted by atomic mass is 10.1. The first-order valence-electron chi connectivity index (χ1n) is 9.84. The Labute approximate surface area is 174 Å². The molecule has 1 aromatic heterocycles. The molecule has 2 aliphatic heterocycles. The predicted octanol–water partition coefficient (Wildman–Crippen LogP) is 3.11. The fourth-order valence-corrected chi connectivity index (χ4v) is 4.16. The Balaban J connectivity index is 1.41. The molecule has 1 atom stereocenters. The molecule has 2 saturated heterocycles. The molecule has 29 heavy (non-hydrogen) atoms. The standard InChI is InChI=1S/C20H25ClFN5O2/c1-23-17-9-18(26-12-25-17)27-6-2-3-13(27)10-24-11-15-16(22)5-4-14(19(15)21)20-28-7-8-29-20/h4-5,9,12-13,20,24H,2-3,6-8,10-11H2,1H3,(H,23,25,26). The molecule has 0 amide bonds. The predicted molar refractivity (Wildman–Crippen MR) is 110 cm³/mol. The van der Waals surface area contributed by atoms with Crippen LogP contribution in [0.2, 0.25) is 5.02 Å². The van der Waals surface area contributed by atoms with Crippen molar-refractivity contribution in [3.05, 3.63) is 46.5 Å². The second-order valence-electron chi connectivity index (χ2n) is 7.13. The number of nitrogens with zero attached hydrogens (tertiary/aromatic N) is 3. The second kappa shape index (κ2) is 9.21. The molecule has 0 saturated carbocycles. The van der Waals surface area contributed by atoms with E-state index in [2.05, 4.69) is 25.5 Å². The maximum absolute atomic E-state index is 14.4. The number of nitrogens with one attached hydrogen (secondary N) is 2. The van der Waals surface area contributed by atoms with Crippen molar-refractivity contribution < 1.29 is 13.9 Å². The van der Waals surface area contributed by atoms with Gasteiger partial charge >= 0.3 is 0 Å². The minimum Gasteiger partial charge on any atom is -0.373 e. The van der Waals surface area contributed by atoms with Gasteiger partial charge in [0.1, 0.15) is 23.8 Å². The van der Waals surface area contributed by atoms with Gasteiger partial charge in [-0.15, -0.1) is 0 Å². The zero-order chi connectivity index (χ0) is 20.2. The lowest BCUT2D eigenvalue weighted by molar-refractivity contribution is -0.0441. The van der Waals surface area contributed by atoms with Crippen molar-refractivity contribution in [2.24, 2.45) is 0 Å². The molecule has 2 aliphatic rings. The summed E-state index contributed by atoms with van der Waals surface area (Å²) < 4.78 is 25.4. The SMILES string of the molecule is CNc1cc(N2CCCC2CNCc2c(F)ccc(C3OCCO3)c2Cl)ncn1. The fraction of sp³-hybridized carbons (Fsp3) is 0.500. The van der Waals surface area contributed by atoms with Crippen molar-refractivity contribution in [1.82, 2.24) is 15.3 Å². The number of halogens is 2. The second-order valence-corrected chi connectivity index (χ2v) is 7.51. The van der Waals surface area contributed by atoms with Crippen LogP contribution in [0.15, 0.2) is 24.5 Å². The van der Waals surface area contributed by atoms with Gasteiger partial charge in [-0.3, -0.25) is 0 Å². The molecule has 0 aliphatic carbocycles. The minimum absolute atomic E-state index is 0.279. The maximum Gasteiger partial charge on any atom is 0.185 e. The van der Waals surface area contributed by atoms with Gasteiger partial charge in [-0.2, -0.15) is 0 Å². The number of rotatable bonds is 7. The number of aromatic nitrogens is 2. The highest BCUT2D eigenvalue weighted by Gasteiger charge is 2.27. The van der Waals surface area contributed by atoms with Gasteiger partial charge in [-0.25, -0.2) is 14.4 Å². The number of benzene rings is 1. The van der Waals surface area contributed by atoms with Gasteiger partial charge < -0.3 is 25.0 Å². The third kappa shape index (κ3) is 4.45. The van der Waals surface area contributed by atoms with Crippen molar-refractivity contribution in [3.63, 3.8) is 0 Å². The first-order chi connectivity index (χ1) is 14.2. The van der Waals surface area contributed by atoms with Crippen molar-refractivity contribution in [2.45, 2.75) is 31.7 Å². The number of hydrogen-bond acceptors (Lipinski definition) is 7. The maximum atomic E-state index is 14.4. The van der Waals surface area contributed by atoms with Crippen LogP contribution in [0.5, 0.6) is 0 Å². The molecule has 9 heteroatoms. The molecule has 0 bridgehead atoms. The van der Waals surface area contributed by atoms with Gasteiger partial charge in [0.05, 0.1) is 18.2 Å². The fourth-order valence-electron chi connectivity index (χ4n) is 3.85.